The molecule has 4 nitrogen and oxygen atoms in total. The maximum atomic E-state index is 5.64. The van der Waals surface area contributed by atoms with Crippen LogP contribution < -0.4 is 9.47 Å². The Bertz CT molecular complexity index is 636. The number of benzene rings is 1. The average molecular weight is 248 g/mol. The molecule has 0 aliphatic carbocycles. The van der Waals surface area contributed by atoms with E-state index in [2.05, 4.69) is 9.97 Å². The largest absolute Gasteiger partial charge is 0.490 e. The van der Waals surface area contributed by atoms with Crippen molar-refractivity contribution >= 4 is 23.1 Å². The second kappa shape index (κ2) is 4.00. The van der Waals surface area contributed by atoms with Gasteiger partial charge in [0, 0.05) is 17.9 Å². The summed E-state index contributed by atoms with van der Waals surface area (Å²) in [5.74, 6) is 2.32. The van der Waals surface area contributed by atoms with Gasteiger partial charge in [-0.05, 0) is 13.0 Å². The molecule has 0 unspecified atom stereocenters. The van der Waals surface area contributed by atoms with E-state index < -0.39 is 0 Å². The molecule has 1 aromatic carbocycles. The quantitative estimate of drug-likeness (QED) is 0.728. The summed E-state index contributed by atoms with van der Waals surface area (Å²) in [6, 6.07) is 3.84. The summed E-state index contributed by atoms with van der Waals surface area (Å²) in [6.45, 7) is 3.25. The molecule has 0 bridgehead atoms. The molecule has 0 fully saturated rings. The number of H-pyrrole nitrogens is 1. The Morgan fingerprint density at radius 2 is 1.94 bits per heavy atom. The molecule has 5 heteroatoms. The molecule has 2 aromatic rings. The third-order valence-electron chi connectivity index (χ3n) is 2.70. The zero-order chi connectivity index (χ0) is 11.8. The molecule has 3 rings (SSSR count). The molecule has 0 radical (unpaired) electrons. The summed E-state index contributed by atoms with van der Waals surface area (Å²) in [5, 5.41) is 0.898. The second-order valence-electron chi connectivity index (χ2n) is 4.02. The predicted octanol–water partition coefficient (Wildman–Crippen LogP) is 2.76. The van der Waals surface area contributed by atoms with Crippen molar-refractivity contribution in [2.45, 2.75) is 13.3 Å². The molecule has 0 saturated carbocycles. The van der Waals surface area contributed by atoms with Crippen LogP contribution in [0.4, 0.5) is 0 Å². The highest BCUT2D eigenvalue weighted by molar-refractivity contribution is 7.71. The van der Waals surface area contributed by atoms with Crippen molar-refractivity contribution in [2.75, 3.05) is 13.2 Å². The number of hydrogen-bond acceptors (Lipinski definition) is 4. The number of aryl methyl sites for hydroxylation is 1. The van der Waals surface area contributed by atoms with Crippen molar-refractivity contribution < 1.29 is 9.47 Å². The van der Waals surface area contributed by atoms with Crippen LogP contribution in [0.5, 0.6) is 11.5 Å². The molecule has 1 aliphatic heterocycles. The standard InChI is InChI=1S/C12H12N2O2S/c1-7-13-9-6-11-10(15-3-2-4-16-11)5-8(9)12(17)14-7/h5-6H,2-4H2,1H3,(H,13,14,17). The Balaban J connectivity index is 2.29. The molecule has 17 heavy (non-hydrogen) atoms. The number of ether oxygens (including phenoxy) is 2. The van der Waals surface area contributed by atoms with Crippen molar-refractivity contribution in [1.29, 1.82) is 0 Å². The van der Waals surface area contributed by atoms with Crippen LogP contribution in [0.3, 0.4) is 0 Å². The minimum atomic E-state index is 0.590. The highest BCUT2D eigenvalue weighted by Crippen LogP contribution is 2.33. The van der Waals surface area contributed by atoms with Gasteiger partial charge in [-0.25, -0.2) is 4.98 Å². The Morgan fingerprint density at radius 1 is 1.24 bits per heavy atom. The topological polar surface area (TPSA) is 47.1 Å². The summed E-state index contributed by atoms with van der Waals surface area (Å²) in [6.07, 6.45) is 0.896. The number of nitrogens with one attached hydrogen (secondary N) is 1. The van der Waals surface area contributed by atoms with Gasteiger partial charge in [0.05, 0.1) is 18.7 Å². The van der Waals surface area contributed by atoms with Crippen molar-refractivity contribution in [3.05, 3.63) is 22.6 Å². The molecule has 1 aromatic heterocycles. The first-order valence-electron chi connectivity index (χ1n) is 5.54. The van der Waals surface area contributed by atoms with Gasteiger partial charge < -0.3 is 14.5 Å². The average Bonchev–Trinajstić information content (AvgIpc) is 2.51. The van der Waals surface area contributed by atoms with E-state index >= 15 is 0 Å². The van der Waals surface area contributed by atoms with Gasteiger partial charge in [0.1, 0.15) is 10.5 Å². The van der Waals surface area contributed by atoms with Crippen molar-refractivity contribution in [2.24, 2.45) is 0 Å². The van der Waals surface area contributed by atoms with E-state index in [0.717, 1.165) is 34.6 Å². The first kappa shape index (κ1) is 10.5. The van der Waals surface area contributed by atoms with Crippen molar-refractivity contribution in [1.82, 2.24) is 9.97 Å². The van der Waals surface area contributed by atoms with Gasteiger partial charge in [-0.3, -0.25) is 0 Å². The Hall–Kier alpha value is -1.62. The van der Waals surface area contributed by atoms with E-state index in [-0.39, 0.29) is 0 Å². The minimum Gasteiger partial charge on any atom is -0.490 e. The summed E-state index contributed by atoms with van der Waals surface area (Å²) < 4.78 is 11.9. The van der Waals surface area contributed by atoms with Crippen LogP contribution in [0.1, 0.15) is 12.2 Å². The van der Waals surface area contributed by atoms with Gasteiger partial charge in [-0.2, -0.15) is 0 Å². The molecule has 0 amide bonds. The van der Waals surface area contributed by atoms with E-state index in [1.807, 2.05) is 19.1 Å². The molecule has 0 atom stereocenters. The fraction of sp³-hybridized carbons (Fsp3) is 0.333. The van der Waals surface area contributed by atoms with Crippen LogP contribution in [-0.4, -0.2) is 23.2 Å². The fourth-order valence-electron chi connectivity index (χ4n) is 1.92. The lowest BCUT2D eigenvalue weighted by atomic mass is 10.2. The fourth-order valence-corrected chi connectivity index (χ4v) is 2.23. The van der Waals surface area contributed by atoms with Crippen LogP contribution in [0.2, 0.25) is 0 Å². The van der Waals surface area contributed by atoms with Gasteiger partial charge in [0.2, 0.25) is 0 Å². The van der Waals surface area contributed by atoms with Gasteiger partial charge >= 0.3 is 0 Å². The molecular weight excluding hydrogens is 236 g/mol. The first-order chi connectivity index (χ1) is 8.24. The van der Waals surface area contributed by atoms with Gasteiger partial charge in [-0.1, -0.05) is 12.2 Å². The molecule has 1 aliphatic rings. The van der Waals surface area contributed by atoms with Gasteiger partial charge in [0.15, 0.2) is 11.5 Å². The molecular formula is C12H12N2O2S. The highest BCUT2D eigenvalue weighted by Gasteiger charge is 2.12. The maximum absolute atomic E-state index is 5.64. The smallest absolute Gasteiger partial charge is 0.163 e. The van der Waals surface area contributed by atoms with Gasteiger partial charge in [-0.15, -0.1) is 0 Å². The molecule has 88 valence electrons. The minimum absolute atomic E-state index is 0.590. The van der Waals surface area contributed by atoms with E-state index in [1.165, 1.54) is 0 Å². The number of fused-ring (bicyclic) bond motifs is 2. The second-order valence-corrected chi connectivity index (χ2v) is 4.41. The van der Waals surface area contributed by atoms with Crippen LogP contribution in [-0.2, 0) is 0 Å². The lowest BCUT2D eigenvalue weighted by Crippen LogP contribution is -1.97. The maximum Gasteiger partial charge on any atom is 0.163 e. The lowest BCUT2D eigenvalue weighted by molar-refractivity contribution is 0.297. The third kappa shape index (κ3) is 1.86. The van der Waals surface area contributed by atoms with E-state index in [0.29, 0.717) is 17.9 Å². The zero-order valence-corrected chi connectivity index (χ0v) is 10.3. The molecule has 1 N–H and O–H groups in total. The highest BCUT2D eigenvalue weighted by atomic mass is 32.1. The van der Waals surface area contributed by atoms with Crippen LogP contribution in [0, 0.1) is 11.6 Å². The number of hydrogen-bond donors (Lipinski definition) is 1. The van der Waals surface area contributed by atoms with E-state index in [4.69, 9.17) is 21.7 Å². The monoisotopic (exact) mass is 248 g/mol. The SMILES string of the molecule is Cc1nc(=S)c2cc3c(cc2[nH]1)OCCCO3. The number of aromatic amines is 1. The van der Waals surface area contributed by atoms with Crippen molar-refractivity contribution in [3.8, 4) is 11.5 Å². The number of aromatic nitrogens is 2. The lowest BCUT2D eigenvalue weighted by Gasteiger charge is -2.09. The summed E-state index contributed by atoms with van der Waals surface area (Å²) in [7, 11) is 0. The zero-order valence-electron chi connectivity index (χ0n) is 9.45. The van der Waals surface area contributed by atoms with Gasteiger partial charge in [0.25, 0.3) is 0 Å². The van der Waals surface area contributed by atoms with E-state index in [1.54, 1.807) is 0 Å². The molecule has 2 heterocycles. The van der Waals surface area contributed by atoms with Crippen LogP contribution >= 0.6 is 12.2 Å². The molecule has 0 saturated heterocycles. The molecule has 0 spiro atoms. The summed E-state index contributed by atoms with van der Waals surface area (Å²) in [5.41, 5.74) is 0.937. The Morgan fingerprint density at radius 3 is 2.71 bits per heavy atom. The van der Waals surface area contributed by atoms with E-state index in [9.17, 15) is 0 Å². The van der Waals surface area contributed by atoms with Crippen LogP contribution in [0.15, 0.2) is 12.1 Å². The predicted molar refractivity (Wildman–Crippen MR) is 67.3 cm³/mol. The Labute approximate surface area is 104 Å². The summed E-state index contributed by atoms with van der Waals surface area (Å²) >= 11 is 5.25. The van der Waals surface area contributed by atoms with Crippen molar-refractivity contribution in [3.63, 3.8) is 0 Å². The third-order valence-corrected chi connectivity index (χ3v) is 3.01. The summed E-state index contributed by atoms with van der Waals surface area (Å²) in [4.78, 5) is 7.42. The number of rotatable bonds is 0. The Kier molecular flexibility index (Phi) is 2.48. The number of nitrogens with zero attached hydrogens (tertiary/aromatic N) is 1. The van der Waals surface area contributed by atoms with Crippen LogP contribution in [0.25, 0.3) is 10.9 Å². The first-order valence-corrected chi connectivity index (χ1v) is 5.95. The normalized spacial score (nSPS) is 14.6.